The van der Waals surface area contributed by atoms with E-state index in [0.29, 0.717) is 11.6 Å². The molecule has 3 aromatic rings. The van der Waals surface area contributed by atoms with Crippen molar-refractivity contribution in [2.24, 2.45) is 0 Å². The molecular weight excluding hydrogens is 339 g/mol. The van der Waals surface area contributed by atoms with Gasteiger partial charge in [0.15, 0.2) is 0 Å². The summed E-state index contributed by atoms with van der Waals surface area (Å²) in [7, 11) is 1.98. The average molecular weight is 357 g/mol. The molecule has 128 valence electrons. The lowest BCUT2D eigenvalue weighted by Gasteiger charge is -2.19. The fraction of sp³-hybridized carbons (Fsp3) is 0.158. The van der Waals surface area contributed by atoms with Gasteiger partial charge >= 0.3 is 0 Å². The van der Waals surface area contributed by atoms with Crippen LogP contribution in [-0.4, -0.2) is 17.0 Å². The molecule has 0 saturated carbocycles. The van der Waals surface area contributed by atoms with Crippen molar-refractivity contribution in [3.8, 4) is 0 Å². The maximum Gasteiger partial charge on any atom is 0.229 e. The maximum absolute atomic E-state index is 13.3. The van der Waals surface area contributed by atoms with Crippen LogP contribution in [0.1, 0.15) is 11.3 Å². The average Bonchev–Trinajstić information content (AvgIpc) is 2.58. The number of aryl methyl sites for hydroxylation is 1. The van der Waals surface area contributed by atoms with Gasteiger partial charge in [-0.25, -0.2) is 9.37 Å². The second-order valence-electron chi connectivity index (χ2n) is 5.79. The first-order chi connectivity index (χ1) is 12.0. The monoisotopic (exact) mass is 356 g/mol. The van der Waals surface area contributed by atoms with Crippen LogP contribution in [0, 0.1) is 12.7 Å². The molecule has 1 N–H and O–H groups in total. The molecule has 2 aromatic carbocycles. The number of anilines is 3. The summed E-state index contributed by atoms with van der Waals surface area (Å²) in [6.45, 7) is 2.64. The molecule has 1 aromatic heterocycles. The van der Waals surface area contributed by atoms with Crippen molar-refractivity contribution in [3.05, 3.63) is 76.7 Å². The van der Waals surface area contributed by atoms with Crippen molar-refractivity contribution in [2.75, 3.05) is 17.3 Å². The first kappa shape index (κ1) is 17.2. The first-order valence-corrected chi connectivity index (χ1v) is 8.22. The Balaban J connectivity index is 1.81. The van der Waals surface area contributed by atoms with Gasteiger partial charge in [0.25, 0.3) is 0 Å². The number of hydrogen-bond donors (Lipinski definition) is 1. The van der Waals surface area contributed by atoms with Crippen LogP contribution in [0.4, 0.5) is 21.8 Å². The second-order valence-corrected chi connectivity index (χ2v) is 6.19. The molecule has 0 aliphatic heterocycles. The zero-order valence-electron chi connectivity index (χ0n) is 14.0. The van der Waals surface area contributed by atoms with E-state index in [-0.39, 0.29) is 5.02 Å². The molecule has 0 spiro atoms. The largest absolute Gasteiger partial charge is 0.355 e. The normalized spacial score (nSPS) is 10.6. The lowest BCUT2D eigenvalue weighted by Crippen LogP contribution is -2.18. The summed E-state index contributed by atoms with van der Waals surface area (Å²) in [6, 6.07) is 16.5. The highest BCUT2D eigenvalue weighted by atomic mass is 35.5. The SMILES string of the molecule is Cc1cc(N(C)Cc2ccccc2)nc(Nc2ccc(F)c(Cl)c2)n1. The molecule has 0 amide bonds. The summed E-state index contributed by atoms with van der Waals surface area (Å²) < 4.78 is 13.3. The van der Waals surface area contributed by atoms with E-state index in [1.54, 1.807) is 6.07 Å². The summed E-state index contributed by atoms with van der Waals surface area (Å²) in [5.41, 5.74) is 2.66. The quantitative estimate of drug-likeness (QED) is 0.701. The van der Waals surface area contributed by atoms with Crippen LogP contribution in [0.5, 0.6) is 0 Å². The molecule has 25 heavy (non-hydrogen) atoms. The molecule has 0 atom stereocenters. The summed E-state index contributed by atoms with van der Waals surface area (Å²) in [4.78, 5) is 11.0. The van der Waals surface area contributed by atoms with Gasteiger partial charge in [-0.2, -0.15) is 4.98 Å². The Morgan fingerprint density at radius 2 is 1.84 bits per heavy atom. The Hall–Kier alpha value is -2.66. The third kappa shape index (κ3) is 4.45. The molecule has 0 saturated heterocycles. The second kappa shape index (κ2) is 7.49. The van der Waals surface area contributed by atoms with E-state index in [0.717, 1.165) is 18.1 Å². The summed E-state index contributed by atoms with van der Waals surface area (Å²) in [5, 5.41) is 3.13. The lowest BCUT2D eigenvalue weighted by atomic mass is 10.2. The number of hydrogen-bond acceptors (Lipinski definition) is 4. The summed E-state index contributed by atoms with van der Waals surface area (Å²) >= 11 is 5.82. The molecule has 0 aliphatic carbocycles. The Morgan fingerprint density at radius 1 is 1.08 bits per heavy atom. The minimum atomic E-state index is -0.458. The topological polar surface area (TPSA) is 41.1 Å². The summed E-state index contributed by atoms with van der Waals surface area (Å²) in [5.74, 6) is 0.783. The van der Waals surface area contributed by atoms with Crippen LogP contribution < -0.4 is 10.2 Å². The molecule has 4 nitrogen and oxygen atoms in total. The molecule has 0 bridgehead atoms. The van der Waals surface area contributed by atoms with Crippen LogP contribution >= 0.6 is 11.6 Å². The zero-order chi connectivity index (χ0) is 17.8. The standard InChI is InChI=1S/C19H18ClFN4/c1-13-10-18(25(2)12-14-6-4-3-5-7-14)24-19(22-13)23-15-8-9-17(21)16(20)11-15/h3-11H,12H2,1-2H3,(H,22,23,24). The number of aromatic nitrogens is 2. The first-order valence-electron chi connectivity index (χ1n) is 7.84. The van der Waals surface area contributed by atoms with Crippen LogP contribution in [0.2, 0.25) is 5.02 Å². The van der Waals surface area contributed by atoms with E-state index >= 15 is 0 Å². The van der Waals surface area contributed by atoms with E-state index < -0.39 is 5.82 Å². The Labute approximate surface area is 151 Å². The minimum absolute atomic E-state index is 0.0547. The van der Waals surface area contributed by atoms with Crippen molar-refractivity contribution < 1.29 is 4.39 Å². The number of halogens is 2. The molecule has 0 aliphatic rings. The van der Waals surface area contributed by atoms with Crippen LogP contribution in [0.3, 0.4) is 0 Å². The van der Waals surface area contributed by atoms with Gasteiger partial charge in [-0.05, 0) is 30.7 Å². The lowest BCUT2D eigenvalue weighted by molar-refractivity contribution is 0.628. The maximum atomic E-state index is 13.3. The van der Waals surface area contributed by atoms with Crippen molar-refractivity contribution in [3.63, 3.8) is 0 Å². The van der Waals surface area contributed by atoms with Gasteiger partial charge in [-0.15, -0.1) is 0 Å². The van der Waals surface area contributed by atoms with Crippen LogP contribution in [0.15, 0.2) is 54.6 Å². The fourth-order valence-electron chi connectivity index (χ4n) is 2.44. The number of nitrogens with zero attached hydrogens (tertiary/aromatic N) is 3. The highest BCUT2D eigenvalue weighted by Crippen LogP contribution is 2.23. The predicted molar refractivity (Wildman–Crippen MR) is 100 cm³/mol. The molecule has 6 heteroatoms. The molecule has 0 fully saturated rings. The summed E-state index contributed by atoms with van der Waals surface area (Å²) in [6.07, 6.45) is 0. The Bertz CT molecular complexity index is 871. The van der Waals surface area contributed by atoms with Crippen molar-refractivity contribution >= 4 is 29.1 Å². The van der Waals surface area contributed by atoms with E-state index in [4.69, 9.17) is 11.6 Å². The highest BCUT2D eigenvalue weighted by Gasteiger charge is 2.09. The predicted octanol–water partition coefficient (Wildman–Crippen LogP) is 4.96. The van der Waals surface area contributed by atoms with Gasteiger partial charge in [0.05, 0.1) is 5.02 Å². The van der Waals surface area contributed by atoms with Crippen LogP contribution in [-0.2, 0) is 6.54 Å². The third-order valence-electron chi connectivity index (χ3n) is 3.67. The highest BCUT2D eigenvalue weighted by molar-refractivity contribution is 6.31. The molecule has 0 unspecified atom stereocenters. The number of benzene rings is 2. The number of rotatable bonds is 5. The van der Waals surface area contributed by atoms with E-state index in [2.05, 4.69) is 27.4 Å². The van der Waals surface area contributed by atoms with Gasteiger partial charge < -0.3 is 10.2 Å². The van der Waals surface area contributed by atoms with Crippen molar-refractivity contribution in [1.82, 2.24) is 9.97 Å². The third-order valence-corrected chi connectivity index (χ3v) is 3.96. The van der Waals surface area contributed by atoms with Crippen molar-refractivity contribution in [1.29, 1.82) is 0 Å². The van der Waals surface area contributed by atoms with Gasteiger partial charge in [0, 0.05) is 31.0 Å². The number of nitrogens with one attached hydrogen (secondary N) is 1. The Morgan fingerprint density at radius 3 is 2.56 bits per heavy atom. The van der Waals surface area contributed by atoms with E-state index in [1.165, 1.54) is 17.7 Å². The van der Waals surface area contributed by atoms with Gasteiger partial charge in [0.1, 0.15) is 11.6 Å². The molecule has 3 rings (SSSR count). The van der Waals surface area contributed by atoms with E-state index in [9.17, 15) is 4.39 Å². The fourth-order valence-corrected chi connectivity index (χ4v) is 2.63. The van der Waals surface area contributed by atoms with Gasteiger partial charge in [-0.1, -0.05) is 41.9 Å². The van der Waals surface area contributed by atoms with Gasteiger partial charge in [-0.3, -0.25) is 0 Å². The molecule has 1 heterocycles. The van der Waals surface area contributed by atoms with Crippen molar-refractivity contribution in [2.45, 2.75) is 13.5 Å². The van der Waals surface area contributed by atoms with Crippen LogP contribution in [0.25, 0.3) is 0 Å². The van der Waals surface area contributed by atoms with Gasteiger partial charge in [0.2, 0.25) is 5.95 Å². The minimum Gasteiger partial charge on any atom is -0.355 e. The zero-order valence-corrected chi connectivity index (χ0v) is 14.8. The smallest absolute Gasteiger partial charge is 0.229 e. The molecular formula is C19H18ClFN4. The molecule has 0 radical (unpaired) electrons. The Kier molecular flexibility index (Phi) is 5.14. The van der Waals surface area contributed by atoms with E-state index in [1.807, 2.05) is 43.1 Å².